The Balaban J connectivity index is 2.01. The number of ketones is 2. The lowest BCUT2D eigenvalue weighted by molar-refractivity contribution is -0.141. The topological polar surface area (TPSA) is 126 Å². The molecule has 0 saturated heterocycles. The van der Waals surface area contributed by atoms with E-state index in [4.69, 9.17) is 9.47 Å². The zero-order chi connectivity index (χ0) is 23.4. The second-order valence-electron chi connectivity index (χ2n) is 7.21. The van der Waals surface area contributed by atoms with Crippen LogP contribution in [0.4, 0.5) is 5.69 Å². The summed E-state index contributed by atoms with van der Waals surface area (Å²) >= 11 is 0. The Morgan fingerprint density at radius 3 is 2.41 bits per heavy atom. The van der Waals surface area contributed by atoms with Crippen molar-refractivity contribution in [3.63, 3.8) is 0 Å². The molecule has 0 bridgehead atoms. The molecule has 2 aromatic carbocycles. The molecule has 0 saturated carbocycles. The van der Waals surface area contributed by atoms with Crippen molar-refractivity contribution in [2.75, 3.05) is 25.1 Å². The van der Waals surface area contributed by atoms with Gasteiger partial charge in [0.05, 0.1) is 29.0 Å². The molecule has 164 valence electrons. The molecule has 1 atom stereocenters. The highest BCUT2D eigenvalue weighted by molar-refractivity contribution is 6.31. The summed E-state index contributed by atoms with van der Waals surface area (Å²) in [6.07, 6.45) is -1.13. The van der Waals surface area contributed by atoms with E-state index >= 15 is 0 Å². The van der Waals surface area contributed by atoms with E-state index < -0.39 is 17.9 Å². The molecule has 0 aromatic heterocycles. The summed E-state index contributed by atoms with van der Waals surface area (Å²) in [4.78, 5) is 38.1. The molecule has 2 N–H and O–H groups in total. The van der Waals surface area contributed by atoms with Crippen molar-refractivity contribution in [1.29, 1.82) is 5.26 Å². The van der Waals surface area contributed by atoms with E-state index in [1.165, 1.54) is 13.0 Å². The highest BCUT2D eigenvalue weighted by Crippen LogP contribution is 2.39. The highest BCUT2D eigenvalue weighted by Gasteiger charge is 2.36. The molecule has 0 aliphatic heterocycles. The first-order valence-corrected chi connectivity index (χ1v) is 9.97. The Labute approximate surface area is 185 Å². The van der Waals surface area contributed by atoms with Gasteiger partial charge >= 0.3 is 5.97 Å². The van der Waals surface area contributed by atoms with Gasteiger partial charge in [0, 0.05) is 29.3 Å². The summed E-state index contributed by atoms with van der Waals surface area (Å²) in [6, 6.07) is 9.85. The van der Waals surface area contributed by atoms with Gasteiger partial charge in [-0.3, -0.25) is 9.59 Å². The average molecular weight is 434 g/mol. The molecule has 1 aliphatic carbocycles. The van der Waals surface area contributed by atoms with Crippen LogP contribution in [0.1, 0.15) is 51.3 Å². The fraction of sp³-hybridized carbons (Fsp3) is 0.250. The number of nitrogens with one attached hydrogen (secondary N) is 1. The number of hydrogen-bond donors (Lipinski definition) is 2. The van der Waals surface area contributed by atoms with Crippen LogP contribution in [0, 0.1) is 11.3 Å². The van der Waals surface area contributed by atoms with Gasteiger partial charge < -0.3 is 19.9 Å². The summed E-state index contributed by atoms with van der Waals surface area (Å²) in [5.41, 5.74) is 0.959. The van der Waals surface area contributed by atoms with E-state index in [1.54, 1.807) is 31.2 Å². The minimum absolute atomic E-state index is 0.0160. The number of carbonyl (C=O) groups is 3. The standard InChI is InChI=1S/C24H22N2O6/c1-4-31-18-9-14(10-25)21(26-11-15(27)12-32-24(30)13(2)3)20-19(18)22(28)16-7-5-6-8-17(16)23(20)29/h5-9,15,26-27H,2,4,11-12H2,1,3H3. The largest absolute Gasteiger partial charge is 0.493 e. The number of fused-ring (bicyclic) bond motifs is 2. The summed E-state index contributed by atoms with van der Waals surface area (Å²) in [7, 11) is 0. The molecule has 0 radical (unpaired) electrons. The van der Waals surface area contributed by atoms with Crippen molar-refractivity contribution >= 4 is 23.2 Å². The molecule has 8 nitrogen and oxygen atoms in total. The van der Waals surface area contributed by atoms with Crippen molar-refractivity contribution in [3.8, 4) is 11.8 Å². The van der Waals surface area contributed by atoms with Crippen LogP contribution in [0.25, 0.3) is 0 Å². The van der Waals surface area contributed by atoms with Crippen LogP contribution >= 0.6 is 0 Å². The highest BCUT2D eigenvalue weighted by atomic mass is 16.5. The monoisotopic (exact) mass is 434 g/mol. The van der Waals surface area contributed by atoms with E-state index in [0.29, 0.717) is 0 Å². The number of hydrogen-bond acceptors (Lipinski definition) is 8. The number of nitrogens with zero attached hydrogens (tertiary/aromatic N) is 1. The number of aliphatic hydroxyl groups is 1. The molecule has 0 amide bonds. The number of benzene rings is 2. The Morgan fingerprint density at radius 1 is 1.22 bits per heavy atom. The Morgan fingerprint density at radius 2 is 1.84 bits per heavy atom. The van der Waals surface area contributed by atoms with Crippen LogP contribution in [0.3, 0.4) is 0 Å². The lowest BCUT2D eigenvalue weighted by atomic mass is 9.81. The maximum absolute atomic E-state index is 13.3. The summed E-state index contributed by atoms with van der Waals surface area (Å²) < 4.78 is 10.5. The molecule has 2 aromatic rings. The first kappa shape index (κ1) is 22.7. The number of rotatable bonds is 8. The van der Waals surface area contributed by atoms with Gasteiger partial charge in [-0.25, -0.2) is 4.79 Å². The van der Waals surface area contributed by atoms with Crippen molar-refractivity contribution < 1.29 is 29.0 Å². The number of nitriles is 1. The maximum atomic E-state index is 13.3. The predicted molar refractivity (Wildman–Crippen MR) is 116 cm³/mol. The van der Waals surface area contributed by atoms with E-state index in [1.807, 2.05) is 6.07 Å². The van der Waals surface area contributed by atoms with Gasteiger partial charge in [0.25, 0.3) is 0 Å². The maximum Gasteiger partial charge on any atom is 0.333 e. The predicted octanol–water partition coefficient (Wildman–Crippen LogP) is 2.62. The quantitative estimate of drug-likeness (QED) is 0.409. The van der Waals surface area contributed by atoms with Gasteiger partial charge in [-0.1, -0.05) is 30.8 Å². The first-order valence-electron chi connectivity index (χ1n) is 9.97. The van der Waals surface area contributed by atoms with Crippen LogP contribution in [-0.4, -0.2) is 48.5 Å². The van der Waals surface area contributed by atoms with Crippen LogP contribution in [0.15, 0.2) is 42.5 Å². The van der Waals surface area contributed by atoms with Gasteiger partial charge in [-0.2, -0.15) is 5.26 Å². The summed E-state index contributed by atoms with van der Waals surface area (Å²) in [6.45, 7) is 6.47. The van der Waals surface area contributed by atoms with E-state index in [2.05, 4.69) is 11.9 Å². The molecule has 8 heteroatoms. The van der Waals surface area contributed by atoms with Crippen molar-refractivity contribution in [2.45, 2.75) is 20.0 Å². The van der Waals surface area contributed by atoms with E-state index in [-0.39, 0.29) is 70.4 Å². The first-order chi connectivity index (χ1) is 15.3. The van der Waals surface area contributed by atoms with Gasteiger partial charge in [-0.05, 0) is 13.8 Å². The number of anilines is 1. The fourth-order valence-corrected chi connectivity index (χ4v) is 3.37. The second-order valence-corrected chi connectivity index (χ2v) is 7.21. The molecule has 32 heavy (non-hydrogen) atoms. The Bertz CT molecular complexity index is 1160. The van der Waals surface area contributed by atoms with E-state index in [9.17, 15) is 24.8 Å². The Hall–Kier alpha value is -3.96. The smallest absolute Gasteiger partial charge is 0.333 e. The molecular weight excluding hydrogens is 412 g/mol. The third kappa shape index (κ3) is 4.24. The minimum Gasteiger partial charge on any atom is -0.493 e. The van der Waals surface area contributed by atoms with Crippen molar-refractivity contribution in [2.24, 2.45) is 0 Å². The summed E-state index contributed by atoms with van der Waals surface area (Å²) in [5.74, 6) is -1.31. The normalized spacial score (nSPS) is 12.8. The molecule has 0 heterocycles. The lowest BCUT2D eigenvalue weighted by Crippen LogP contribution is -2.29. The second kappa shape index (κ2) is 9.45. The number of carbonyl (C=O) groups excluding carboxylic acids is 3. The van der Waals surface area contributed by atoms with Gasteiger partial charge in [-0.15, -0.1) is 0 Å². The average Bonchev–Trinajstić information content (AvgIpc) is 2.79. The SMILES string of the molecule is C=C(C)C(=O)OCC(O)CNc1c(C#N)cc(OCC)c2c1C(=O)c1ccccc1C2=O. The molecular formula is C24H22N2O6. The number of aliphatic hydroxyl groups excluding tert-OH is 1. The Kier molecular flexibility index (Phi) is 6.71. The molecule has 0 fully saturated rings. The van der Waals surface area contributed by atoms with Gasteiger partial charge in [0.1, 0.15) is 24.5 Å². The summed E-state index contributed by atoms with van der Waals surface area (Å²) in [5, 5.41) is 22.8. The van der Waals surface area contributed by atoms with Crippen molar-refractivity contribution in [1.82, 2.24) is 0 Å². The minimum atomic E-state index is -1.13. The van der Waals surface area contributed by atoms with Gasteiger partial charge in [0.2, 0.25) is 0 Å². The lowest BCUT2D eigenvalue weighted by Gasteiger charge is -2.24. The van der Waals surface area contributed by atoms with Crippen LogP contribution in [0.5, 0.6) is 5.75 Å². The van der Waals surface area contributed by atoms with E-state index in [0.717, 1.165) is 0 Å². The third-order valence-corrected chi connectivity index (χ3v) is 4.85. The van der Waals surface area contributed by atoms with Gasteiger partial charge in [0.15, 0.2) is 11.6 Å². The zero-order valence-corrected chi connectivity index (χ0v) is 17.7. The zero-order valence-electron chi connectivity index (χ0n) is 17.7. The van der Waals surface area contributed by atoms with Crippen LogP contribution in [0.2, 0.25) is 0 Å². The third-order valence-electron chi connectivity index (χ3n) is 4.85. The molecule has 0 spiro atoms. The van der Waals surface area contributed by atoms with Crippen molar-refractivity contribution in [3.05, 3.63) is 70.3 Å². The fourth-order valence-electron chi connectivity index (χ4n) is 3.37. The number of esters is 1. The number of ether oxygens (including phenoxy) is 2. The molecule has 1 aliphatic rings. The molecule has 1 unspecified atom stereocenters. The van der Waals surface area contributed by atoms with Crippen LogP contribution < -0.4 is 10.1 Å². The van der Waals surface area contributed by atoms with Crippen LogP contribution in [-0.2, 0) is 9.53 Å². The molecule has 3 rings (SSSR count).